The molecule has 0 radical (unpaired) electrons. The second kappa shape index (κ2) is 8.88. The van der Waals surface area contributed by atoms with Gasteiger partial charge in [-0.1, -0.05) is 80.9 Å². The zero-order valence-electron chi connectivity index (χ0n) is 22.6. The van der Waals surface area contributed by atoms with Crippen LogP contribution in [-0.2, 0) is 20.0 Å². The maximum absolute atomic E-state index is 13.2. The number of ether oxygens (including phenoxy) is 2. The number of hydrogen-bond acceptors (Lipinski definition) is 6. The molecule has 2 aromatic carbocycles. The van der Waals surface area contributed by atoms with E-state index in [0.29, 0.717) is 12.5 Å². The fourth-order valence-electron chi connectivity index (χ4n) is 8.85. The van der Waals surface area contributed by atoms with Crippen molar-refractivity contribution in [2.24, 2.45) is 23.2 Å². The fourth-order valence-corrected chi connectivity index (χ4v) is 8.85. The molecule has 2 aliphatic carbocycles. The highest BCUT2D eigenvalue weighted by Crippen LogP contribution is 2.70. The minimum atomic E-state index is -1.19. The first-order chi connectivity index (χ1) is 18.4. The van der Waals surface area contributed by atoms with Crippen LogP contribution < -0.4 is 0 Å². The number of fused-ring (bicyclic) bond motifs is 2. The van der Waals surface area contributed by atoms with Crippen LogP contribution >= 0.6 is 0 Å². The van der Waals surface area contributed by atoms with Crippen molar-refractivity contribution in [2.45, 2.75) is 63.1 Å². The van der Waals surface area contributed by atoms with E-state index in [1.165, 1.54) is 19.3 Å². The van der Waals surface area contributed by atoms with Gasteiger partial charge in [-0.25, -0.2) is 0 Å². The average molecular weight is 517 g/mol. The third-order valence-electron chi connectivity index (χ3n) is 10.8. The van der Waals surface area contributed by atoms with Gasteiger partial charge in [-0.15, -0.1) is 0 Å². The monoisotopic (exact) mass is 516 g/mol. The van der Waals surface area contributed by atoms with E-state index in [1.54, 1.807) is 0 Å². The molecule has 1 N–H and O–H groups in total. The highest BCUT2D eigenvalue weighted by Gasteiger charge is 2.78. The molecule has 5 aliphatic rings. The topological polar surface area (TPSA) is 65.5 Å². The van der Waals surface area contributed by atoms with Crippen molar-refractivity contribution in [3.05, 3.63) is 71.8 Å². The number of nitrogens with zero attached hydrogens (tertiary/aromatic N) is 2. The first-order valence-electron chi connectivity index (χ1n) is 14.6. The lowest BCUT2D eigenvalue weighted by Crippen LogP contribution is -2.57. The lowest BCUT2D eigenvalue weighted by Gasteiger charge is -2.49. The van der Waals surface area contributed by atoms with Crippen LogP contribution in [0.25, 0.3) is 0 Å². The number of carbonyl (C=O) groups excluding carboxylic acids is 1. The summed E-state index contributed by atoms with van der Waals surface area (Å²) in [5.74, 6) is 0.547. The van der Waals surface area contributed by atoms with Gasteiger partial charge in [-0.3, -0.25) is 14.6 Å². The summed E-state index contributed by atoms with van der Waals surface area (Å²) in [4.78, 5) is 17.8. The van der Waals surface area contributed by atoms with Crippen molar-refractivity contribution in [2.75, 3.05) is 32.7 Å². The molecule has 2 aromatic rings. The Kier molecular flexibility index (Phi) is 5.79. The maximum atomic E-state index is 13.2. The molecule has 6 heteroatoms. The van der Waals surface area contributed by atoms with E-state index in [9.17, 15) is 9.90 Å². The molecule has 0 unspecified atom stereocenters. The molecule has 3 aliphatic heterocycles. The average Bonchev–Trinajstić information content (AvgIpc) is 3.63. The molecule has 0 bridgehead atoms. The van der Waals surface area contributed by atoms with Gasteiger partial charge in [-0.05, 0) is 25.2 Å². The highest BCUT2D eigenvalue weighted by atomic mass is 16.6. The standard InChI is InChI=1S/C32H40N2O4/c1-22-10-9-15-30(2)20-26-27(28-31(22,30)38-28)25(29(35)37-26)21-33-16-18-34(19-17-33)32(36,23-11-5-3-6-12-23)24-13-7-4-8-14-24/h3-8,11-14,22,25-28,36H,9-10,15-21H2,1-2H3/t22-,25-,26+,27+,28-,30+,31-/m0/s1. The van der Waals surface area contributed by atoms with Gasteiger partial charge in [0, 0.05) is 55.2 Å². The molecule has 2 saturated carbocycles. The largest absolute Gasteiger partial charge is 0.462 e. The summed E-state index contributed by atoms with van der Waals surface area (Å²) in [6.45, 7) is 8.47. The van der Waals surface area contributed by atoms with E-state index < -0.39 is 5.72 Å². The van der Waals surface area contributed by atoms with Gasteiger partial charge >= 0.3 is 5.97 Å². The number of esters is 1. The van der Waals surface area contributed by atoms with Crippen LogP contribution in [0.4, 0.5) is 0 Å². The number of hydrogen-bond donors (Lipinski definition) is 1. The normalized spacial score (nSPS) is 39.1. The SMILES string of the molecule is C[C@H]1CCC[C@]2(C)C[C@H]3OC(=O)[C@@H](CN4CCN(C(O)(c5ccccc5)c5ccccc5)CC4)[C@H]3[C@@H]3O[C@@]132. The first kappa shape index (κ1) is 24.8. The van der Waals surface area contributed by atoms with Gasteiger partial charge in [-0.2, -0.15) is 0 Å². The van der Waals surface area contributed by atoms with Crippen molar-refractivity contribution in [3.63, 3.8) is 0 Å². The lowest BCUT2D eigenvalue weighted by molar-refractivity contribution is -0.147. The van der Waals surface area contributed by atoms with Crippen molar-refractivity contribution in [3.8, 4) is 0 Å². The minimum Gasteiger partial charge on any atom is -0.462 e. The van der Waals surface area contributed by atoms with Crippen LogP contribution in [0.2, 0.25) is 0 Å². The molecule has 1 spiro atoms. The molecule has 7 atom stereocenters. The zero-order valence-corrected chi connectivity index (χ0v) is 22.6. The van der Waals surface area contributed by atoms with E-state index in [0.717, 1.165) is 43.7 Å². The minimum absolute atomic E-state index is 0.00836. The molecule has 7 rings (SSSR count). The Morgan fingerprint density at radius 3 is 2.26 bits per heavy atom. The van der Waals surface area contributed by atoms with Crippen molar-refractivity contribution >= 4 is 5.97 Å². The Bertz CT molecular complexity index is 1140. The second-order valence-corrected chi connectivity index (χ2v) is 12.7. The van der Waals surface area contributed by atoms with Gasteiger partial charge in [0.15, 0.2) is 5.72 Å². The van der Waals surface area contributed by atoms with Crippen LogP contribution in [0.1, 0.15) is 50.7 Å². The summed E-state index contributed by atoms with van der Waals surface area (Å²) in [6, 6.07) is 19.9. The summed E-state index contributed by atoms with van der Waals surface area (Å²) in [7, 11) is 0. The van der Waals surface area contributed by atoms with E-state index in [2.05, 4.69) is 23.6 Å². The van der Waals surface area contributed by atoms with E-state index >= 15 is 0 Å². The Labute approximate surface area is 225 Å². The molecule has 3 heterocycles. The van der Waals surface area contributed by atoms with Crippen LogP contribution in [0, 0.1) is 23.2 Å². The van der Waals surface area contributed by atoms with Crippen LogP contribution in [0.5, 0.6) is 0 Å². The molecule has 3 saturated heterocycles. The van der Waals surface area contributed by atoms with Gasteiger partial charge < -0.3 is 14.6 Å². The molecule has 5 fully saturated rings. The van der Waals surface area contributed by atoms with Gasteiger partial charge in [0.05, 0.1) is 12.0 Å². The second-order valence-electron chi connectivity index (χ2n) is 12.7. The van der Waals surface area contributed by atoms with Crippen molar-refractivity contribution in [1.29, 1.82) is 0 Å². The number of epoxide rings is 1. The summed E-state index contributed by atoms with van der Waals surface area (Å²) in [6.07, 6.45) is 4.72. The zero-order chi connectivity index (χ0) is 26.1. The Balaban J connectivity index is 1.07. The third-order valence-corrected chi connectivity index (χ3v) is 10.8. The quantitative estimate of drug-likeness (QED) is 0.478. The summed E-state index contributed by atoms with van der Waals surface area (Å²) in [5, 5.41) is 12.2. The van der Waals surface area contributed by atoms with E-state index in [1.807, 2.05) is 60.7 Å². The Morgan fingerprint density at radius 1 is 1.00 bits per heavy atom. The number of benzene rings is 2. The molecule has 202 valence electrons. The molecular weight excluding hydrogens is 476 g/mol. The maximum Gasteiger partial charge on any atom is 0.311 e. The van der Waals surface area contributed by atoms with E-state index in [-0.39, 0.29) is 41.0 Å². The van der Waals surface area contributed by atoms with Crippen LogP contribution in [-0.4, -0.2) is 71.4 Å². The molecular formula is C32H40N2O4. The van der Waals surface area contributed by atoms with E-state index in [4.69, 9.17) is 9.47 Å². The molecule has 0 aromatic heterocycles. The first-order valence-corrected chi connectivity index (χ1v) is 14.6. The van der Waals surface area contributed by atoms with Crippen molar-refractivity contribution in [1.82, 2.24) is 9.80 Å². The molecule has 0 amide bonds. The lowest BCUT2D eigenvalue weighted by atomic mass is 9.53. The predicted molar refractivity (Wildman–Crippen MR) is 144 cm³/mol. The summed E-state index contributed by atoms with van der Waals surface area (Å²) < 4.78 is 12.7. The number of carbonyl (C=O) groups is 1. The highest BCUT2D eigenvalue weighted by molar-refractivity contribution is 5.76. The third kappa shape index (κ3) is 3.50. The van der Waals surface area contributed by atoms with Crippen molar-refractivity contribution < 1.29 is 19.4 Å². The van der Waals surface area contributed by atoms with Gasteiger partial charge in [0.1, 0.15) is 11.7 Å². The number of aliphatic hydroxyl groups is 1. The molecule has 38 heavy (non-hydrogen) atoms. The summed E-state index contributed by atoms with van der Waals surface area (Å²) in [5.41, 5.74) is 0.635. The fraction of sp³-hybridized carbons (Fsp3) is 0.594. The molecule has 6 nitrogen and oxygen atoms in total. The van der Waals surface area contributed by atoms with Crippen LogP contribution in [0.3, 0.4) is 0 Å². The Hall–Kier alpha value is -2.25. The number of rotatable bonds is 5. The number of piperazine rings is 1. The predicted octanol–water partition coefficient (Wildman–Crippen LogP) is 4.02. The van der Waals surface area contributed by atoms with Crippen LogP contribution in [0.15, 0.2) is 60.7 Å². The van der Waals surface area contributed by atoms with Gasteiger partial charge in [0.25, 0.3) is 0 Å². The van der Waals surface area contributed by atoms with Gasteiger partial charge in [0.2, 0.25) is 0 Å². The smallest absolute Gasteiger partial charge is 0.311 e. The summed E-state index contributed by atoms with van der Waals surface area (Å²) >= 11 is 0. The Morgan fingerprint density at radius 2 is 1.63 bits per heavy atom.